The number of fused-ring (bicyclic) bond motifs is 1. The van der Waals surface area contributed by atoms with Gasteiger partial charge in [-0.1, -0.05) is 93.0 Å². The van der Waals surface area contributed by atoms with Gasteiger partial charge in [0.05, 0.1) is 37.1 Å². The van der Waals surface area contributed by atoms with Crippen LogP contribution in [-0.2, 0) is 28.7 Å². The van der Waals surface area contributed by atoms with Crippen molar-refractivity contribution in [3.8, 4) is 0 Å². The summed E-state index contributed by atoms with van der Waals surface area (Å²) in [5.41, 5.74) is -1.38. The van der Waals surface area contributed by atoms with Crippen LogP contribution in [0, 0.1) is 23.2 Å². The van der Waals surface area contributed by atoms with Crippen molar-refractivity contribution in [1.29, 1.82) is 0 Å². The van der Waals surface area contributed by atoms with Gasteiger partial charge in [0, 0.05) is 23.3 Å². The smallest absolute Gasteiger partial charge is 0.313 e. The molecule has 0 saturated carbocycles. The van der Waals surface area contributed by atoms with Gasteiger partial charge in [-0.3, -0.25) is 19.2 Å². The first kappa shape index (κ1) is 39.8. The number of rotatable bonds is 16. The predicted molar refractivity (Wildman–Crippen MR) is 196 cm³/mol. The van der Waals surface area contributed by atoms with Crippen LogP contribution in [0.25, 0.3) is 0 Å². The Balaban J connectivity index is 1.76. The SMILES string of the molecule is C=CCCC(=O)NC[C@H](OC(=O)[C@@H]1[C@H]2O[C@@]3(CC2Br)[C@H](C(=O)N(CC=C)C(C)(C)CC(C)(C)C)N([C@@H](CO)C(C)C)C(=O)[C@@H]13)c1ccccc1. The van der Waals surface area contributed by atoms with E-state index >= 15 is 4.79 Å². The first-order valence-corrected chi connectivity index (χ1v) is 18.7. The van der Waals surface area contributed by atoms with E-state index in [1.165, 1.54) is 4.90 Å². The van der Waals surface area contributed by atoms with E-state index in [1.54, 1.807) is 17.1 Å². The number of amides is 3. The van der Waals surface area contributed by atoms with Crippen molar-refractivity contribution in [3.63, 3.8) is 0 Å². The first-order chi connectivity index (χ1) is 23.4. The number of ether oxygens (including phenoxy) is 2. The molecule has 4 rings (SSSR count). The standard InChI is InChI=1S/C39H56BrN3O7/c1-10-12-18-29(45)41-21-28(25-16-14-13-15-17-25)49-36(48)30-31-34(46)43(27(22-44)24(3)4)33(39(31)20-26(40)32(30)50-39)35(47)42(19-11-2)38(8,9)23-37(5,6)7/h10-11,13-17,24,26-28,30-33,44H,1-2,12,18-23H2,3-9H3,(H,41,45)/t26?,27-,28-,30-,31+,32-,33-,39+/m0/s1. The quantitative estimate of drug-likeness (QED) is 0.132. The number of carbonyl (C=O) groups excluding carboxylic acids is 4. The fourth-order valence-corrected chi connectivity index (χ4v) is 9.48. The summed E-state index contributed by atoms with van der Waals surface area (Å²) in [6.45, 7) is 21.7. The molecule has 3 aliphatic heterocycles. The highest BCUT2D eigenvalue weighted by molar-refractivity contribution is 9.09. The van der Waals surface area contributed by atoms with Crippen molar-refractivity contribution in [2.45, 2.75) is 114 Å². The highest BCUT2D eigenvalue weighted by Gasteiger charge is 2.78. The van der Waals surface area contributed by atoms with E-state index in [0.29, 0.717) is 24.8 Å². The Kier molecular flexibility index (Phi) is 12.5. The molecule has 1 aromatic carbocycles. The zero-order chi connectivity index (χ0) is 37.2. The number of esters is 1. The number of nitrogens with zero attached hydrogens (tertiary/aromatic N) is 2. The van der Waals surface area contributed by atoms with E-state index in [-0.39, 0.29) is 54.1 Å². The number of likely N-dealkylation sites (tertiary alicyclic amines) is 1. The number of hydrogen-bond donors (Lipinski definition) is 2. The van der Waals surface area contributed by atoms with Gasteiger partial charge in [-0.05, 0) is 50.0 Å². The number of aliphatic hydroxyl groups is 1. The Labute approximate surface area is 306 Å². The zero-order valence-corrected chi connectivity index (χ0v) is 32.3. The number of halogens is 1. The minimum atomic E-state index is -1.34. The topological polar surface area (TPSA) is 125 Å². The molecule has 2 N–H and O–H groups in total. The van der Waals surface area contributed by atoms with Crippen LogP contribution in [-0.4, -0.2) is 92.4 Å². The molecule has 10 nitrogen and oxygen atoms in total. The van der Waals surface area contributed by atoms with E-state index < -0.39 is 59.1 Å². The largest absolute Gasteiger partial charge is 0.455 e. The zero-order valence-electron chi connectivity index (χ0n) is 30.7. The molecule has 50 heavy (non-hydrogen) atoms. The van der Waals surface area contributed by atoms with Gasteiger partial charge in [0.25, 0.3) is 0 Å². The average molecular weight is 759 g/mol. The molecular formula is C39H56BrN3O7. The lowest BCUT2D eigenvalue weighted by Gasteiger charge is -2.47. The van der Waals surface area contributed by atoms with Crippen LogP contribution < -0.4 is 5.32 Å². The third-order valence-electron chi connectivity index (χ3n) is 10.3. The Morgan fingerprint density at radius 1 is 1.16 bits per heavy atom. The molecule has 2 bridgehead atoms. The van der Waals surface area contributed by atoms with Gasteiger partial charge < -0.3 is 29.7 Å². The van der Waals surface area contributed by atoms with Crippen LogP contribution in [0.15, 0.2) is 55.6 Å². The number of allylic oxidation sites excluding steroid dienone is 1. The molecule has 0 aliphatic carbocycles. The predicted octanol–water partition coefficient (Wildman–Crippen LogP) is 5.35. The van der Waals surface area contributed by atoms with Gasteiger partial charge in [0.2, 0.25) is 17.7 Å². The summed E-state index contributed by atoms with van der Waals surface area (Å²) in [4.78, 5) is 59.8. The van der Waals surface area contributed by atoms with Crippen LogP contribution in [0.5, 0.6) is 0 Å². The molecule has 8 atom stereocenters. The molecule has 0 aromatic heterocycles. The molecule has 11 heteroatoms. The van der Waals surface area contributed by atoms with Crippen molar-refractivity contribution in [2.24, 2.45) is 23.2 Å². The number of aliphatic hydroxyl groups excluding tert-OH is 1. The molecule has 3 amide bonds. The normalized spacial score (nSPS) is 27.1. The number of nitrogens with one attached hydrogen (secondary N) is 1. The van der Waals surface area contributed by atoms with Gasteiger partial charge in [-0.25, -0.2) is 0 Å². The third-order valence-corrected chi connectivity index (χ3v) is 11.2. The molecule has 3 fully saturated rings. The summed E-state index contributed by atoms with van der Waals surface area (Å²) in [6, 6.07) is 7.36. The van der Waals surface area contributed by atoms with Crippen molar-refractivity contribution in [2.75, 3.05) is 19.7 Å². The number of benzene rings is 1. The van der Waals surface area contributed by atoms with Crippen molar-refractivity contribution in [1.82, 2.24) is 15.1 Å². The van der Waals surface area contributed by atoms with Crippen LogP contribution in [0.3, 0.4) is 0 Å². The summed E-state index contributed by atoms with van der Waals surface area (Å²) >= 11 is 3.75. The second-order valence-corrected chi connectivity index (χ2v) is 17.3. The number of carbonyl (C=O) groups is 4. The second-order valence-electron chi connectivity index (χ2n) is 16.2. The lowest BCUT2D eigenvalue weighted by Crippen LogP contribution is -2.63. The molecule has 3 saturated heterocycles. The summed E-state index contributed by atoms with van der Waals surface area (Å²) < 4.78 is 13.0. The molecule has 0 radical (unpaired) electrons. The van der Waals surface area contributed by atoms with E-state index in [4.69, 9.17) is 9.47 Å². The Morgan fingerprint density at radius 2 is 1.82 bits per heavy atom. The van der Waals surface area contributed by atoms with Gasteiger partial charge in [-0.2, -0.15) is 0 Å². The monoisotopic (exact) mass is 757 g/mol. The summed E-state index contributed by atoms with van der Waals surface area (Å²) in [6.07, 6.45) is 3.56. The average Bonchev–Trinajstić information content (AvgIpc) is 3.63. The van der Waals surface area contributed by atoms with Gasteiger partial charge >= 0.3 is 5.97 Å². The molecular weight excluding hydrogens is 702 g/mol. The molecule has 1 spiro atoms. The van der Waals surface area contributed by atoms with Crippen LogP contribution in [0.4, 0.5) is 0 Å². The summed E-state index contributed by atoms with van der Waals surface area (Å²) in [7, 11) is 0. The fraction of sp³-hybridized carbons (Fsp3) is 0.641. The van der Waals surface area contributed by atoms with E-state index in [2.05, 4.69) is 55.2 Å². The van der Waals surface area contributed by atoms with Gasteiger partial charge in [0.15, 0.2) is 0 Å². The number of alkyl halides is 1. The summed E-state index contributed by atoms with van der Waals surface area (Å²) in [5.74, 6) is -3.76. The van der Waals surface area contributed by atoms with Crippen molar-refractivity contribution in [3.05, 3.63) is 61.2 Å². The lowest BCUT2D eigenvalue weighted by atomic mass is 9.70. The summed E-state index contributed by atoms with van der Waals surface area (Å²) in [5, 5.41) is 13.5. The Hall–Kier alpha value is -3.02. The second kappa shape index (κ2) is 15.7. The number of hydrogen-bond acceptors (Lipinski definition) is 7. The molecule has 3 aliphatic rings. The highest BCUT2D eigenvalue weighted by Crippen LogP contribution is 2.61. The lowest BCUT2D eigenvalue weighted by molar-refractivity contribution is -0.162. The van der Waals surface area contributed by atoms with Crippen LogP contribution in [0.2, 0.25) is 0 Å². The minimum Gasteiger partial charge on any atom is -0.455 e. The maximum absolute atomic E-state index is 15.1. The third kappa shape index (κ3) is 7.89. The van der Waals surface area contributed by atoms with Crippen molar-refractivity contribution < 1.29 is 33.8 Å². The maximum Gasteiger partial charge on any atom is 0.313 e. The van der Waals surface area contributed by atoms with Gasteiger partial charge in [0.1, 0.15) is 17.7 Å². The molecule has 1 aromatic rings. The van der Waals surface area contributed by atoms with Crippen LogP contribution in [0.1, 0.15) is 85.8 Å². The van der Waals surface area contributed by atoms with Crippen molar-refractivity contribution >= 4 is 39.6 Å². The minimum absolute atomic E-state index is 0.0397. The van der Waals surface area contributed by atoms with Gasteiger partial charge in [-0.15, -0.1) is 13.2 Å². The van der Waals surface area contributed by atoms with E-state index in [0.717, 1.165) is 0 Å². The highest BCUT2D eigenvalue weighted by atomic mass is 79.9. The Bertz CT molecular complexity index is 1430. The maximum atomic E-state index is 15.1. The van der Waals surface area contributed by atoms with Crippen LogP contribution >= 0.6 is 15.9 Å². The molecule has 276 valence electrons. The Morgan fingerprint density at radius 3 is 2.38 bits per heavy atom. The molecule has 3 heterocycles. The molecule has 1 unspecified atom stereocenters. The van der Waals surface area contributed by atoms with E-state index in [9.17, 15) is 19.5 Å². The van der Waals surface area contributed by atoms with E-state index in [1.807, 2.05) is 58.0 Å². The fourth-order valence-electron chi connectivity index (χ4n) is 8.54. The first-order valence-electron chi connectivity index (χ1n) is 17.7.